The van der Waals surface area contributed by atoms with Crippen molar-refractivity contribution >= 4 is 27.3 Å². The average molecular weight is 262 g/mol. The Bertz CT molecular complexity index is 257. The fourth-order valence-electron chi connectivity index (χ4n) is 1.01. The summed E-state index contributed by atoms with van der Waals surface area (Å²) in [6.07, 6.45) is 2.10. The van der Waals surface area contributed by atoms with E-state index >= 15 is 0 Å². The topological polar surface area (TPSA) is 12.9 Å². The maximum Gasteiger partial charge on any atom is 0.0939 e. The van der Waals surface area contributed by atoms with Crippen molar-refractivity contribution in [2.45, 2.75) is 38.4 Å². The molecule has 0 aliphatic carbocycles. The zero-order valence-electron chi connectivity index (χ0n) is 8.38. The molecule has 1 heterocycles. The molecule has 1 atom stereocenters. The highest BCUT2D eigenvalue weighted by molar-refractivity contribution is 9.09. The van der Waals surface area contributed by atoms with Crippen LogP contribution in [0.2, 0.25) is 0 Å². The van der Waals surface area contributed by atoms with Gasteiger partial charge in [-0.25, -0.2) is 4.98 Å². The van der Waals surface area contributed by atoms with E-state index in [0.717, 1.165) is 12.8 Å². The first-order valence-corrected chi connectivity index (χ1v) is 6.50. The van der Waals surface area contributed by atoms with Gasteiger partial charge < -0.3 is 0 Å². The van der Waals surface area contributed by atoms with Crippen LogP contribution < -0.4 is 0 Å². The van der Waals surface area contributed by atoms with Crippen LogP contribution >= 0.6 is 27.3 Å². The van der Waals surface area contributed by atoms with E-state index in [0.29, 0.717) is 10.7 Å². The summed E-state index contributed by atoms with van der Waals surface area (Å²) >= 11 is 5.46. The first kappa shape index (κ1) is 11.2. The lowest BCUT2D eigenvalue weighted by molar-refractivity contribution is 0.611. The van der Waals surface area contributed by atoms with Crippen molar-refractivity contribution in [2.24, 2.45) is 5.92 Å². The fraction of sp³-hybridized carbons (Fsp3) is 0.700. The fourth-order valence-corrected chi connectivity index (χ4v) is 2.47. The lowest BCUT2D eigenvalue weighted by atomic mass is 10.1. The third-order valence-electron chi connectivity index (χ3n) is 2.05. The molecule has 13 heavy (non-hydrogen) atoms. The molecule has 0 aliphatic rings. The van der Waals surface area contributed by atoms with Gasteiger partial charge in [0.05, 0.1) is 10.7 Å². The molecule has 0 radical (unpaired) electrons. The summed E-state index contributed by atoms with van der Waals surface area (Å²) in [6.45, 7) is 6.61. The molecule has 0 fully saturated rings. The number of hydrogen-bond donors (Lipinski definition) is 0. The largest absolute Gasteiger partial charge is 0.246 e. The molecule has 74 valence electrons. The molecule has 0 bridgehead atoms. The first-order chi connectivity index (χ1) is 6.13. The van der Waals surface area contributed by atoms with Crippen LogP contribution in [0.15, 0.2) is 5.38 Å². The average Bonchev–Trinajstić information content (AvgIpc) is 2.52. The highest BCUT2D eigenvalue weighted by Crippen LogP contribution is 2.20. The van der Waals surface area contributed by atoms with Crippen LogP contribution in [0.1, 0.15) is 31.5 Å². The predicted octanol–water partition coefficient (Wildman–Crippen LogP) is 3.67. The molecule has 3 heteroatoms. The van der Waals surface area contributed by atoms with E-state index in [4.69, 9.17) is 0 Å². The number of aromatic nitrogens is 1. The van der Waals surface area contributed by atoms with Crippen LogP contribution in [0.5, 0.6) is 0 Å². The van der Waals surface area contributed by atoms with Crippen molar-refractivity contribution in [2.75, 3.05) is 0 Å². The number of halogens is 1. The molecule has 1 unspecified atom stereocenters. The van der Waals surface area contributed by atoms with Gasteiger partial charge in [0.25, 0.3) is 0 Å². The van der Waals surface area contributed by atoms with E-state index in [2.05, 4.69) is 47.1 Å². The van der Waals surface area contributed by atoms with Crippen molar-refractivity contribution in [3.05, 3.63) is 16.1 Å². The Morgan fingerprint density at radius 3 is 2.69 bits per heavy atom. The minimum Gasteiger partial charge on any atom is -0.246 e. The van der Waals surface area contributed by atoms with Gasteiger partial charge in [0, 0.05) is 16.6 Å². The third-order valence-corrected chi connectivity index (χ3v) is 4.36. The number of alkyl halides is 1. The summed E-state index contributed by atoms with van der Waals surface area (Å²) in [5.41, 5.74) is 1.23. The van der Waals surface area contributed by atoms with Gasteiger partial charge in [0.2, 0.25) is 0 Å². The molecular weight excluding hydrogens is 246 g/mol. The van der Waals surface area contributed by atoms with Crippen LogP contribution in [0.4, 0.5) is 0 Å². The van der Waals surface area contributed by atoms with Gasteiger partial charge in [-0.05, 0) is 12.3 Å². The van der Waals surface area contributed by atoms with Crippen LogP contribution in [0.3, 0.4) is 0 Å². The van der Waals surface area contributed by atoms with E-state index < -0.39 is 0 Å². The number of nitrogens with zero attached hydrogens (tertiary/aromatic N) is 1. The van der Waals surface area contributed by atoms with E-state index in [-0.39, 0.29) is 0 Å². The predicted molar refractivity (Wildman–Crippen MR) is 62.7 cm³/mol. The number of rotatable bonds is 4. The molecule has 1 aromatic heterocycles. The first-order valence-electron chi connectivity index (χ1n) is 4.70. The normalized spacial score (nSPS) is 13.6. The molecule has 0 N–H and O–H groups in total. The SMILES string of the molecule is CCc1csc(CC(Br)C(C)C)n1. The van der Waals surface area contributed by atoms with E-state index in [1.54, 1.807) is 11.3 Å². The third kappa shape index (κ3) is 3.39. The Labute approximate surface area is 92.7 Å². The van der Waals surface area contributed by atoms with Gasteiger partial charge in [-0.1, -0.05) is 36.7 Å². The van der Waals surface area contributed by atoms with Gasteiger partial charge in [0.15, 0.2) is 0 Å². The zero-order chi connectivity index (χ0) is 9.84. The van der Waals surface area contributed by atoms with E-state index in [1.165, 1.54) is 10.7 Å². The quantitative estimate of drug-likeness (QED) is 0.754. The van der Waals surface area contributed by atoms with Crippen molar-refractivity contribution in [3.63, 3.8) is 0 Å². The number of aryl methyl sites for hydroxylation is 1. The van der Waals surface area contributed by atoms with Crippen LogP contribution in [0.25, 0.3) is 0 Å². The maximum absolute atomic E-state index is 4.54. The van der Waals surface area contributed by atoms with Crippen LogP contribution in [-0.2, 0) is 12.8 Å². The summed E-state index contributed by atoms with van der Waals surface area (Å²) in [7, 11) is 0. The maximum atomic E-state index is 4.54. The smallest absolute Gasteiger partial charge is 0.0939 e. The standard InChI is InChI=1S/C10H16BrNS/c1-4-8-6-13-10(12-8)5-9(11)7(2)3/h6-7,9H,4-5H2,1-3H3. The highest BCUT2D eigenvalue weighted by atomic mass is 79.9. The minimum atomic E-state index is 0.559. The Balaban J connectivity index is 2.53. The van der Waals surface area contributed by atoms with Gasteiger partial charge in [-0.3, -0.25) is 0 Å². The van der Waals surface area contributed by atoms with Crippen molar-refractivity contribution < 1.29 is 0 Å². The molecule has 0 spiro atoms. The molecule has 0 saturated heterocycles. The zero-order valence-corrected chi connectivity index (χ0v) is 10.8. The lowest BCUT2D eigenvalue weighted by Gasteiger charge is -2.10. The van der Waals surface area contributed by atoms with Crippen LogP contribution in [0, 0.1) is 5.92 Å². The summed E-state index contributed by atoms with van der Waals surface area (Å²) in [5, 5.41) is 3.42. The van der Waals surface area contributed by atoms with Gasteiger partial charge >= 0.3 is 0 Å². The summed E-state index contributed by atoms with van der Waals surface area (Å²) in [6, 6.07) is 0. The van der Waals surface area contributed by atoms with Crippen LogP contribution in [-0.4, -0.2) is 9.81 Å². The highest BCUT2D eigenvalue weighted by Gasteiger charge is 2.11. The molecule has 1 nitrogen and oxygen atoms in total. The second-order valence-corrected chi connectivity index (χ2v) is 5.67. The summed E-state index contributed by atoms with van der Waals surface area (Å²) in [5.74, 6) is 0.675. The van der Waals surface area contributed by atoms with E-state index in [1.807, 2.05) is 0 Å². The summed E-state index contributed by atoms with van der Waals surface area (Å²) < 4.78 is 0. The minimum absolute atomic E-state index is 0.559. The molecule has 0 saturated carbocycles. The second-order valence-electron chi connectivity index (χ2n) is 3.55. The lowest BCUT2D eigenvalue weighted by Crippen LogP contribution is -2.10. The number of hydrogen-bond acceptors (Lipinski definition) is 2. The number of thiazole rings is 1. The molecule has 1 aromatic rings. The summed E-state index contributed by atoms with van der Waals surface area (Å²) in [4.78, 5) is 5.10. The molecule has 0 aromatic carbocycles. The molecule has 1 rings (SSSR count). The molecular formula is C10H16BrNS. The van der Waals surface area contributed by atoms with Crippen molar-refractivity contribution in [1.29, 1.82) is 0 Å². The molecule has 0 amide bonds. The monoisotopic (exact) mass is 261 g/mol. The Morgan fingerprint density at radius 2 is 2.23 bits per heavy atom. The van der Waals surface area contributed by atoms with Gasteiger partial charge in [-0.2, -0.15) is 0 Å². The van der Waals surface area contributed by atoms with Crippen molar-refractivity contribution in [3.8, 4) is 0 Å². The Morgan fingerprint density at radius 1 is 1.54 bits per heavy atom. The Kier molecular flexibility index (Phi) is 4.39. The second kappa shape index (κ2) is 5.11. The van der Waals surface area contributed by atoms with Gasteiger partial charge in [-0.15, -0.1) is 11.3 Å². The molecule has 0 aliphatic heterocycles. The van der Waals surface area contributed by atoms with E-state index in [9.17, 15) is 0 Å². The Hall–Kier alpha value is 0.110. The van der Waals surface area contributed by atoms with Crippen molar-refractivity contribution in [1.82, 2.24) is 4.98 Å². The van der Waals surface area contributed by atoms with Gasteiger partial charge in [0.1, 0.15) is 0 Å².